The Morgan fingerprint density at radius 3 is 2.26 bits per heavy atom. The van der Waals surface area contributed by atoms with Crippen molar-refractivity contribution in [1.82, 2.24) is 4.72 Å². The number of sulfonamides is 1. The van der Waals surface area contributed by atoms with Crippen molar-refractivity contribution >= 4 is 15.7 Å². The van der Waals surface area contributed by atoms with E-state index in [0.717, 1.165) is 0 Å². The lowest BCUT2D eigenvalue weighted by Gasteiger charge is -2.15. The lowest BCUT2D eigenvalue weighted by molar-refractivity contribution is 0.0984. The van der Waals surface area contributed by atoms with E-state index in [1.54, 1.807) is 19.1 Å². The van der Waals surface area contributed by atoms with Gasteiger partial charge in [0.2, 0.25) is 10.0 Å². The summed E-state index contributed by atoms with van der Waals surface area (Å²) in [6.07, 6.45) is 0. The Balaban J connectivity index is 2.57. The number of rotatable bonds is 7. The highest BCUT2D eigenvalue weighted by Crippen LogP contribution is 2.12. The lowest BCUT2D eigenvalue weighted by Crippen LogP contribution is -2.36. The Morgan fingerprint density at radius 1 is 1.16 bits per heavy atom. The largest absolute Gasteiger partial charge is 0.399 e. The first-order chi connectivity index (χ1) is 8.81. The van der Waals surface area contributed by atoms with Gasteiger partial charge in [0.1, 0.15) is 0 Å². The highest BCUT2D eigenvalue weighted by Gasteiger charge is 2.17. The van der Waals surface area contributed by atoms with Crippen LogP contribution in [0.25, 0.3) is 0 Å². The average molecular weight is 286 g/mol. The van der Waals surface area contributed by atoms with Gasteiger partial charge in [-0.15, -0.1) is 0 Å². The molecule has 1 rings (SSSR count). The molecule has 5 nitrogen and oxygen atoms in total. The molecule has 0 aliphatic carbocycles. The number of nitrogens with one attached hydrogen (secondary N) is 1. The van der Waals surface area contributed by atoms with Crippen LogP contribution in [0.4, 0.5) is 5.69 Å². The van der Waals surface area contributed by atoms with E-state index in [0.29, 0.717) is 24.8 Å². The smallest absolute Gasteiger partial charge is 0.240 e. The Bertz CT molecular complexity index is 483. The number of anilines is 1. The fourth-order valence-corrected chi connectivity index (χ4v) is 2.72. The SMILES string of the molecule is CC(C)COC[C@H](C)NS(=O)(=O)c1ccc(N)cc1. The quantitative estimate of drug-likeness (QED) is 0.746. The number of nitrogens with two attached hydrogens (primary N) is 1. The van der Waals surface area contributed by atoms with Gasteiger partial charge < -0.3 is 10.5 Å². The van der Waals surface area contributed by atoms with Crippen molar-refractivity contribution in [2.75, 3.05) is 18.9 Å². The summed E-state index contributed by atoms with van der Waals surface area (Å²) in [5.41, 5.74) is 6.06. The minimum Gasteiger partial charge on any atom is -0.399 e. The summed E-state index contributed by atoms with van der Waals surface area (Å²) in [7, 11) is -3.51. The van der Waals surface area contributed by atoms with Gasteiger partial charge in [-0.3, -0.25) is 0 Å². The molecule has 3 N–H and O–H groups in total. The molecule has 0 aliphatic heterocycles. The normalized spacial score (nSPS) is 13.7. The lowest BCUT2D eigenvalue weighted by atomic mass is 10.2. The Labute approximate surface area is 115 Å². The van der Waals surface area contributed by atoms with Crippen molar-refractivity contribution in [1.29, 1.82) is 0 Å². The molecule has 1 aromatic rings. The summed E-state index contributed by atoms with van der Waals surface area (Å²) in [6, 6.07) is 5.82. The van der Waals surface area contributed by atoms with Crippen LogP contribution in [0.1, 0.15) is 20.8 Å². The zero-order valence-electron chi connectivity index (χ0n) is 11.6. The Kier molecular flexibility index (Phi) is 5.78. The molecule has 1 aromatic carbocycles. The molecule has 0 spiro atoms. The first-order valence-electron chi connectivity index (χ1n) is 6.27. The second kappa shape index (κ2) is 6.88. The van der Waals surface area contributed by atoms with E-state index in [2.05, 4.69) is 4.72 Å². The van der Waals surface area contributed by atoms with Gasteiger partial charge in [0.15, 0.2) is 0 Å². The molecule has 19 heavy (non-hydrogen) atoms. The van der Waals surface area contributed by atoms with Crippen molar-refractivity contribution in [2.45, 2.75) is 31.7 Å². The maximum atomic E-state index is 12.0. The van der Waals surface area contributed by atoms with Crippen LogP contribution in [-0.4, -0.2) is 27.7 Å². The Morgan fingerprint density at radius 2 is 1.74 bits per heavy atom. The van der Waals surface area contributed by atoms with Gasteiger partial charge >= 0.3 is 0 Å². The molecule has 108 valence electrons. The summed E-state index contributed by atoms with van der Waals surface area (Å²) in [5, 5.41) is 0. The molecule has 0 saturated heterocycles. The summed E-state index contributed by atoms with van der Waals surface area (Å²) in [6.45, 7) is 6.84. The highest BCUT2D eigenvalue weighted by atomic mass is 32.2. The third kappa shape index (κ3) is 5.59. The standard InChI is InChI=1S/C13H22N2O3S/c1-10(2)8-18-9-11(3)15-19(16,17)13-6-4-12(14)5-7-13/h4-7,10-11,15H,8-9,14H2,1-3H3/t11-/m0/s1. The average Bonchev–Trinajstić information content (AvgIpc) is 2.28. The number of nitrogen functional groups attached to an aromatic ring is 1. The molecule has 0 unspecified atom stereocenters. The van der Waals surface area contributed by atoms with Crippen LogP contribution < -0.4 is 10.5 Å². The summed E-state index contributed by atoms with van der Waals surface area (Å²) in [5.74, 6) is 0.431. The van der Waals surface area contributed by atoms with E-state index in [4.69, 9.17) is 10.5 Å². The zero-order valence-corrected chi connectivity index (χ0v) is 12.4. The number of benzene rings is 1. The van der Waals surface area contributed by atoms with Gasteiger partial charge in [-0.05, 0) is 37.1 Å². The molecular weight excluding hydrogens is 264 g/mol. The minimum atomic E-state index is -3.51. The molecular formula is C13H22N2O3S. The van der Waals surface area contributed by atoms with Gasteiger partial charge in [0.25, 0.3) is 0 Å². The van der Waals surface area contributed by atoms with Crippen LogP contribution in [0.15, 0.2) is 29.2 Å². The van der Waals surface area contributed by atoms with Crippen molar-refractivity contribution in [3.63, 3.8) is 0 Å². The van der Waals surface area contributed by atoms with E-state index in [-0.39, 0.29) is 10.9 Å². The molecule has 1 atom stereocenters. The van der Waals surface area contributed by atoms with Crippen molar-refractivity contribution < 1.29 is 13.2 Å². The van der Waals surface area contributed by atoms with Gasteiger partial charge in [-0.1, -0.05) is 13.8 Å². The molecule has 0 heterocycles. The predicted octanol–water partition coefficient (Wildman–Crippen LogP) is 1.61. The van der Waals surface area contributed by atoms with E-state index in [1.807, 2.05) is 13.8 Å². The first kappa shape index (κ1) is 15.9. The molecule has 0 aromatic heterocycles. The van der Waals surface area contributed by atoms with Gasteiger partial charge in [0.05, 0.1) is 11.5 Å². The monoisotopic (exact) mass is 286 g/mol. The van der Waals surface area contributed by atoms with E-state index in [1.165, 1.54) is 12.1 Å². The topological polar surface area (TPSA) is 81.4 Å². The van der Waals surface area contributed by atoms with Crippen LogP contribution in [0.5, 0.6) is 0 Å². The summed E-state index contributed by atoms with van der Waals surface area (Å²) >= 11 is 0. The second-order valence-corrected chi connectivity index (χ2v) is 6.74. The van der Waals surface area contributed by atoms with Gasteiger partial charge in [0, 0.05) is 18.3 Å². The van der Waals surface area contributed by atoms with Gasteiger partial charge in [-0.2, -0.15) is 0 Å². The molecule has 0 aliphatic rings. The second-order valence-electron chi connectivity index (χ2n) is 5.02. The van der Waals surface area contributed by atoms with Crippen molar-refractivity contribution in [3.8, 4) is 0 Å². The van der Waals surface area contributed by atoms with Crippen LogP contribution >= 0.6 is 0 Å². The van der Waals surface area contributed by atoms with Crippen LogP contribution in [0.3, 0.4) is 0 Å². The van der Waals surface area contributed by atoms with Crippen molar-refractivity contribution in [2.24, 2.45) is 5.92 Å². The fourth-order valence-electron chi connectivity index (χ4n) is 1.49. The minimum absolute atomic E-state index is 0.206. The summed E-state index contributed by atoms with van der Waals surface area (Å²) in [4.78, 5) is 0.206. The molecule has 0 fully saturated rings. The Hall–Kier alpha value is -1.11. The predicted molar refractivity (Wildman–Crippen MR) is 76.3 cm³/mol. The maximum Gasteiger partial charge on any atom is 0.240 e. The van der Waals surface area contributed by atoms with E-state index in [9.17, 15) is 8.42 Å². The molecule has 0 saturated carbocycles. The van der Waals surface area contributed by atoms with Crippen LogP contribution in [0, 0.1) is 5.92 Å². The molecule has 0 radical (unpaired) electrons. The maximum absolute atomic E-state index is 12.0. The molecule has 0 bridgehead atoms. The number of hydrogen-bond donors (Lipinski definition) is 2. The van der Waals surface area contributed by atoms with Crippen LogP contribution in [-0.2, 0) is 14.8 Å². The van der Waals surface area contributed by atoms with Crippen molar-refractivity contribution in [3.05, 3.63) is 24.3 Å². The number of ether oxygens (including phenoxy) is 1. The third-order valence-electron chi connectivity index (χ3n) is 2.37. The highest BCUT2D eigenvalue weighted by molar-refractivity contribution is 7.89. The van der Waals surface area contributed by atoms with Gasteiger partial charge in [-0.25, -0.2) is 13.1 Å². The number of hydrogen-bond acceptors (Lipinski definition) is 4. The zero-order chi connectivity index (χ0) is 14.5. The molecule has 6 heteroatoms. The summed E-state index contributed by atoms with van der Waals surface area (Å²) < 4.78 is 32.1. The third-order valence-corrected chi connectivity index (χ3v) is 3.97. The van der Waals surface area contributed by atoms with E-state index >= 15 is 0 Å². The molecule has 0 amide bonds. The first-order valence-corrected chi connectivity index (χ1v) is 7.75. The van der Waals surface area contributed by atoms with E-state index < -0.39 is 10.0 Å². The fraction of sp³-hybridized carbons (Fsp3) is 0.538. The van der Waals surface area contributed by atoms with Crippen LogP contribution in [0.2, 0.25) is 0 Å².